The van der Waals surface area contributed by atoms with Gasteiger partial charge in [-0.05, 0) is 46.7 Å². The van der Waals surface area contributed by atoms with Crippen molar-refractivity contribution in [2.75, 3.05) is 0 Å². The number of rotatable bonds is 5. The van der Waals surface area contributed by atoms with Crippen molar-refractivity contribution in [3.63, 3.8) is 0 Å². The first-order chi connectivity index (χ1) is 14.6. The molecule has 0 heterocycles. The third-order valence-corrected chi connectivity index (χ3v) is 6.93. The zero-order chi connectivity index (χ0) is 24.5. The second-order valence-corrected chi connectivity index (χ2v) is 11.6. The summed E-state index contributed by atoms with van der Waals surface area (Å²) in [7, 11) is -4.15. The number of aromatic hydroxyl groups is 1. The molecule has 2 N–H and O–H groups in total. The van der Waals surface area contributed by atoms with E-state index in [1.54, 1.807) is 12.1 Å². The van der Waals surface area contributed by atoms with Crippen LogP contribution in [-0.2, 0) is 20.7 Å². The molecule has 6 nitrogen and oxygen atoms in total. The molecule has 0 amide bonds. The molecule has 0 aromatic heterocycles. The molecule has 170 valence electrons. The Balaban J connectivity index is 2.89. The van der Waals surface area contributed by atoms with E-state index in [2.05, 4.69) is 0 Å². The quantitative estimate of drug-likeness (QED) is 0.622. The van der Waals surface area contributed by atoms with Gasteiger partial charge in [-0.2, -0.15) is 5.26 Å². The van der Waals surface area contributed by atoms with Gasteiger partial charge >= 0.3 is 5.97 Å². The minimum absolute atomic E-state index is 0.0995. The summed E-state index contributed by atoms with van der Waals surface area (Å²) in [6, 6.07) is 10.3. The maximum atomic E-state index is 13.6. The third-order valence-electron chi connectivity index (χ3n) is 5.07. The summed E-state index contributed by atoms with van der Waals surface area (Å²) < 4.78 is 27.2. The summed E-state index contributed by atoms with van der Waals surface area (Å²) in [5.41, 5.74) is 0.395. The zero-order valence-corrected chi connectivity index (χ0v) is 20.0. The molecule has 2 rings (SSSR count). The van der Waals surface area contributed by atoms with Gasteiger partial charge in [0.05, 0.1) is 27.9 Å². The van der Waals surface area contributed by atoms with Crippen molar-refractivity contribution in [1.29, 1.82) is 5.26 Å². The van der Waals surface area contributed by atoms with Gasteiger partial charge in [-0.25, -0.2) is 13.2 Å². The van der Waals surface area contributed by atoms with Crippen LogP contribution in [0.5, 0.6) is 5.75 Å². The smallest absolute Gasteiger partial charge is 0.335 e. The highest BCUT2D eigenvalue weighted by Crippen LogP contribution is 2.42. The monoisotopic (exact) mass is 455 g/mol. The van der Waals surface area contributed by atoms with Crippen LogP contribution < -0.4 is 0 Å². The first kappa shape index (κ1) is 25.2. The average molecular weight is 456 g/mol. The van der Waals surface area contributed by atoms with Crippen LogP contribution in [0, 0.1) is 11.3 Å². The van der Waals surface area contributed by atoms with Crippen molar-refractivity contribution in [1.82, 2.24) is 0 Å². The van der Waals surface area contributed by atoms with Crippen molar-refractivity contribution in [2.45, 2.75) is 63.7 Å². The number of carbonyl (C=O) groups is 1. The molecule has 7 heteroatoms. The van der Waals surface area contributed by atoms with Crippen LogP contribution >= 0.6 is 0 Å². The van der Waals surface area contributed by atoms with E-state index in [1.165, 1.54) is 24.3 Å². The molecule has 0 aliphatic rings. The van der Waals surface area contributed by atoms with Gasteiger partial charge in [0.1, 0.15) is 5.75 Å². The summed E-state index contributed by atoms with van der Waals surface area (Å²) in [6.07, 6.45) is 1.18. The molecule has 0 unspecified atom stereocenters. The molecule has 0 saturated heterocycles. The van der Waals surface area contributed by atoms with Crippen molar-refractivity contribution >= 4 is 20.7 Å². The molecule has 2 aromatic carbocycles. The van der Waals surface area contributed by atoms with Gasteiger partial charge in [-0.3, -0.25) is 0 Å². The number of sulfone groups is 1. The van der Waals surface area contributed by atoms with E-state index >= 15 is 0 Å². The average Bonchev–Trinajstić information content (AvgIpc) is 2.67. The van der Waals surface area contributed by atoms with Gasteiger partial charge in [0.15, 0.2) is 0 Å². The van der Waals surface area contributed by atoms with E-state index < -0.39 is 26.6 Å². The third kappa shape index (κ3) is 5.20. The van der Waals surface area contributed by atoms with Crippen LogP contribution in [0.2, 0.25) is 0 Å². The number of carboxylic acid groups (broad SMARTS) is 1. The Kier molecular flexibility index (Phi) is 6.91. The minimum Gasteiger partial charge on any atom is -0.507 e. The van der Waals surface area contributed by atoms with Crippen molar-refractivity contribution in [2.24, 2.45) is 0 Å². The first-order valence-corrected chi connectivity index (χ1v) is 11.6. The fraction of sp³-hybridized carbons (Fsp3) is 0.360. The van der Waals surface area contributed by atoms with Crippen molar-refractivity contribution in [3.8, 4) is 11.8 Å². The molecule has 0 spiro atoms. The standard InChI is InChI=1S/C25H29NO5S/c1-24(2,3)19-14-17(15-20(22(19)27)25(4,5)6)21(11-8-12-26)32(30,31)18-10-7-9-16(13-18)23(28)29/h7,9-11,13-15,27H,8H2,1-6H3,(H,28,29)/b21-11+. The van der Waals surface area contributed by atoms with Gasteiger partial charge in [0, 0.05) is 11.1 Å². The number of aromatic carboxylic acids is 1. The fourth-order valence-corrected chi connectivity index (χ4v) is 4.89. The normalized spacial score (nSPS) is 13.0. The summed E-state index contributed by atoms with van der Waals surface area (Å²) in [4.78, 5) is 11.1. The first-order valence-electron chi connectivity index (χ1n) is 10.1. The lowest BCUT2D eigenvalue weighted by Gasteiger charge is -2.28. The zero-order valence-electron chi connectivity index (χ0n) is 19.2. The summed E-state index contributed by atoms with van der Waals surface area (Å²) in [5, 5.41) is 29.4. The van der Waals surface area contributed by atoms with Gasteiger partial charge in [0.2, 0.25) is 9.84 Å². The summed E-state index contributed by atoms with van der Waals surface area (Å²) >= 11 is 0. The maximum Gasteiger partial charge on any atom is 0.335 e. The SMILES string of the molecule is CC(C)(C)c1cc(/C(=C\CC#N)S(=O)(=O)c2cccc(C(=O)O)c2)cc(C(C)(C)C)c1O. The Morgan fingerprint density at radius 2 is 1.53 bits per heavy atom. The van der Waals surface area contributed by atoms with Crippen molar-refractivity contribution in [3.05, 3.63) is 64.7 Å². The molecule has 0 radical (unpaired) electrons. The van der Waals surface area contributed by atoms with Crippen LogP contribution in [0.4, 0.5) is 0 Å². The topological polar surface area (TPSA) is 115 Å². The summed E-state index contributed by atoms with van der Waals surface area (Å²) in [5.74, 6) is -1.13. The highest BCUT2D eigenvalue weighted by molar-refractivity contribution is 8.00. The molecule has 0 atom stereocenters. The van der Waals surface area contributed by atoms with E-state index in [1.807, 2.05) is 47.6 Å². The lowest BCUT2D eigenvalue weighted by atomic mass is 9.78. The number of hydrogen-bond acceptors (Lipinski definition) is 5. The van der Waals surface area contributed by atoms with Gasteiger partial charge < -0.3 is 10.2 Å². The molecule has 0 saturated carbocycles. The number of phenols is 1. The maximum absolute atomic E-state index is 13.6. The molecule has 0 aliphatic heterocycles. The van der Waals surface area contributed by atoms with Crippen LogP contribution in [0.25, 0.3) is 4.91 Å². The number of nitriles is 1. The molecule has 32 heavy (non-hydrogen) atoms. The van der Waals surface area contributed by atoms with E-state index in [0.717, 1.165) is 6.07 Å². The Morgan fingerprint density at radius 1 is 1.00 bits per heavy atom. The Bertz CT molecular complexity index is 1190. The lowest BCUT2D eigenvalue weighted by Crippen LogP contribution is -2.18. The van der Waals surface area contributed by atoms with Crippen LogP contribution in [0.3, 0.4) is 0 Å². The predicted octanol–water partition coefficient (Wildman–Crippen LogP) is 5.41. The number of hydrogen-bond donors (Lipinski definition) is 2. The second kappa shape index (κ2) is 8.79. The van der Waals surface area contributed by atoms with Crippen LogP contribution in [-0.4, -0.2) is 24.6 Å². The molecule has 0 aliphatic carbocycles. The number of allylic oxidation sites excluding steroid dienone is 1. The summed E-state index contributed by atoms with van der Waals surface area (Å²) in [6.45, 7) is 11.5. The largest absolute Gasteiger partial charge is 0.507 e. The minimum atomic E-state index is -4.15. The van der Waals surface area contributed by atoms with E-state index in [9.17, 15) is 23.4 Å². The second-order valence-electron chi connectivity index (χ2n) is 9.69. The fourth-order valence-electron chi connectivity index (χ4n) is 3.36. The number of phenolic OH excluding ortho intramolecular Hbond substituents is 1. The Morgan fingerprint density at radius 3 is 1.97 bits per heavy atom. The Labute approximate surface area is 189 Å². The molecular weight excluding hydrogens is 426 g/mol. The van der Waals surface area contributed by atoms with Crippen LogP contribution in [0.1, 0.15) is 75.0 Å². The molecule has 0 fully saturated rings. The number of benzene rings is 2. The molecular formula is C25H29NO5S. The van der Waals surface area contributed by atoms with E-state index in [4.69, 9.17) is 5.26 Å². The van der Waals surface area contributed by atoms with Gasteiger partial charge in [0.25, 0.3) is 0 Å². The Hall–Kier alpha value is -3.11. The lowest BCUT2D eigenvalue weighted by molar-refractivity contribution is 0.0696. The van der Waals surface area contributed by atoms with Crippen LogP contribution in [0.15, 0.2) is 47.4 Å². The molecule has 2 aromatic rings. The van der Waals surface area contributed by atoms with Gasteiger partial charge in [-0.1, -0.05) is 53.7 Å². The highest BCUT2D eigenvalue weighted by Gasteiger charge is 2.30. The van der Waals surface area contributed by atoms with Gasteiger partial charge in [-0.15, -0.1) is 0 Å². The number of nitrogens with zero attached hydrogens (tertiary/aromatic N) is 1. The predicted molar refractivity (Wildman–Crippen MR) is 124 cm³/mol. The van der Waals surface area contributed by atoms with E-state index in [0.29, 0.717) is 16.7 Å². The van der Waals surface area contributed by atoms with Crippen molar-refractivity contribution < 1.29 is 23.4 Å². The highest BCUT2D eigenvalue weighted by atomic mass is 32.2. The molecule has 0 bridgehead atoms. The number of carboxylic acids is 1. The van der Waals surface area contributed by atoms with E-state index in [-0.39, 0.29) is 27.5 Å².